The molecule has 2 rings (SSSR count). The first-order chi connectivity index (χ1) is 10.2. The lowest BCUT2D eigenvalue weighted by molar-refractivity contribution is -0.231. The molecule has 0 aromatic carbocycles. The molecule has 0 atom stereocenters. The van der Waals surface area contributed by atoms with Crippen molar-refractivity contribution in [3.05, 3.63) is 0 Å². The molecule has 4 nitrogen and oxygen atoms in total. The number of rotatable bonds is 6. The fourth-order valence-corrected chi connectivity index (χ4v) is 3.21. The van der Waals surface area contributed by atoms with Crippen molar-refractivity contribution < 1.29 is 23.4 Å². The van der Waals surface area contributed by atoms with Gasteiger partial charge in [-0.3, -0.25) is 9.18 Å². The van der Waals surface area contributed by atoms with Crippen molar-refractivity contribution >= 4 is 5.97 Å². The third-order valence-corrected chi connectivity index (χ3v) is 4.39. The predicted molar refractivity (Wildman–Crippen MR) is 76.5 cm³/mol. The largest absolute Gasteiger partial charge is 0.462 e. The van der Waals surface area contributed by atoms with Gasteiger partial charge in [-0.2, -0.15) is 0 Å². The molecule has 2 aliphatic rings. The average molecular weight is 302 g/mol. The third kappa shape index (κ3) is 5.22. The number of esters is 1. The fourth-order valence-electron chi connectivity index (χ4n) is 3.21. The Morgan fingerprint density at radius 1 is 1.19 bits per heavy atom. The van der Waals surface area contributed by atoms with Crippen molar-refractivity contribution in [1.29, 1.82) is 0 Å². The zero-order valence-electron chi connectivity index (χ0n) is 12.9. The number of ether oxygens (including phenoxy) is 3. The van der Waals surface area contributed by atoms with E-state index in [4.69, 9.17) is 14.2 Å². The maximum absolute atomic E-state index is 12.1. The highest BCUT2D eigenvalue weighted by atomic mass is 19.1. The van der Waals surface area contributed by atoms with Gasteiger partial charge in [0.1, 0.15) is 6.10 Å². The van der Waals surface area contributed by atoms with E-state index in [9.17, 15) is 9.18 Å². The number of carbonyl (C=O) groups is 1. The van der Waals surface area contributed by atoms with Crippen molar-refractivity contribution in [1.82, 2.24) is 0 Å². The Hall–Kier alpha value is -0.680. The summed E-state index contributed by atoms with van der Waals surface area (Å²) >= 11 is 0. The molecule has 0 aromatic heterocycles. The van der Waals surface area contributed by atoms with Gasteiger partial charge in [-0.05, 0) is 32.1 Å². The fraction of sp³-hybridized carbons (Fsp3) is 0.938. The molecule has 122 valence electrons. The summed E-state index contributed by atoms with van der Waals surface area (Å²) in [6, 6.07) is 0. The van der Waals surface area contributed by atoms with E-state index in [1.807, 2.05) is 0 Å². The van der Waals surface area contributed by atoms with Crippen LogP contribution in [0.25, 0.3) is 0 Å². The second kappa shape index (κ2) is 8.69. The normalized spacial score (nSPS) is 33.6. The van der Waals surface area contributed by atoms with Crippen molar-refractivity contribution in [3.63, 3.8) is 0 Å². The summed E-state index contributed by atoms with van der Waals surface area (Å²) in [5.74, 6) is 0.501. The van der Waals surface area contributed by atoms with Gasteiger partial charge in [-0.1, -0.05) is 13.3 Å². The Morgan fingerprint density at radius 3 is 2.43 bits per heavy atom. The van der Waals surface area contributed by atoms with E-state index in [1.54, 1.807) is 0 Å². The minimum atomic E-state index is -0.642. The van der Waals surface area contributed by atoms with Gasteiger partial charge in [0.25, 0.3) is 0 Å². The molecule has 0 bridgehead atoms. The van der Waals surface area contributed by atoms with Crippen LogP contribution in [-0.2, 0) is 19.0 Å². The van der Waals surface area contributed by atoms with Crippen LogP contribution in [0.4, 0.5) is 4.39 Å². The van der Waals surface area contributed by atoms with Gasteiger partial charge in [-0.15, -0.1) is 0 Å². The van der Waals surface area contributed by atoms with Gasteiger partial charge >= 0.3 is 5.97 Å². The summed E-state index contributed by atoms with van der Waals surface area (Å²) in [5.41, 5.74) is 0. The molecule has 1 heterocycles. The monoisotopic (exact) mass is 302 g/mol. The Balaban J connectivity index is 1.66. The molecule has 0 N–H and O–H groups in total. The first-order valence-electron chi connectivity index (χ1n) is 8.21. The maximum Gasteiger partial charge on any atom is 0.308 e. The summed E-state index contributed by atoms with van der Waals surface area (Å²) in [5, 5.41) is 0. The van der Waals surface area contributed by atoms with Crippen LogP contribution in [0.15, 0.2) is 0 Å². The molecular formula is C16H27FO4. The molecule has 1 saturated heterocycles. The molecule has 0 radical (unpaired) electrons. The minimum Gasteiger partial charge on any atom is -0.462 e. The Labute approximate surface area is 126 Å². The van der Waals surface area contributed by atoms with Gasteiger partial charge in [0.15, 0.2) is 6.29 Å². The summed E-state index contributed by atoms with van der Waals surface area (Å²) in [4.78, 5) is 11.3. The molecule has 5 heteroatoms. The van der Waals surface area contributed by atoms with Crippen LogP contribution >= 0.6 is 0 Å². The minimum absolute atomic E-state index is 0.0586. The molecular weight excluding hydrogens is 275 g/mol. The van der Waals surface area contributed by atoms with Gasteiger partial charge in [0, 0.05) is 11.8 Å². The Morgan fingerprint density at radius 2 is 1.86 bits per heavy atom. The topological polar surface area (TPSA) is 44.8 Å². The lowest BCUT2D eigenvalue weighted by Gasteiger charge is -2.37. The quantitative estimate of drug-likeness (QED) is 0.707. The highest BCUT2D eigenvalue weighted by molar-refractivity contribution is 5.69. The highest BCUT2D eigenvalue weighted by Gasteiger charge is 2.33. The summed E-state index contributed by atoms with van der Waals surface area (Å²) < 4.78 is 29.0. The summed E-state index contributed by atoms with van der Waals surface area (Å²) in [6.07, 6.45) is 5.56. The predicted octanol–water partition coefficient (Wildman–Crippen LogP) is 3.24. The third-order valence-electron chi connectivity index (χ3n) is 4.39. The van der Waals surface area contributed by atoms with Crippen LogP contribution in [0.3, 0.4) is 0 Å². The SMILES string of the molecule is CCCC1COC(C2CCC(OC(=O)CCF)CC2)OC1. The van der Waals surface area contributed by atoms with Gasteiger partial charge in [-0.25, -0.2) is 0 Å². The number of carbonyl (C=O) groups excluding carboxylic acids is 1. The molecule has 0 aromatic rings. The average Bonchev–Trinajstić information content (AvgIpc) is 2.49. The van der Waals surface area contributed by atoms with Crippen LogP contribution in [0.1, 0.15) is 51.9 Å². The molecule has 1 saturated carbocycles. The molecule has 2 fully saturated rings. The molecule has 1 aliphatic heterocycles. The van der Waals surface area contributed by atoms with Crippen molar-refractivity contribution in [2.24, 2.45) is 11.8 Å². The number of hydrogen-bond donors (Lipinski definition) is 0. The zero-order chi connectivity index (χ0) is 15.1. The van der Waals surface area contributed by atoms with Gasteiger partial charge in [0.05, 0.1) is 26.3 Å². The smallest absolute Gasteiger partial charge is 0.308 e. The first kappa shape index (κ1) is 16.7. The highest BCUT2D eigenvalue weighted by Crippen LogP contribution is 2.32. The Bertz CT molecular complexity index is 307. The number of halogens is 1. The first-order valence-corrected chi connectivity index (χ1v) is 8.21. The molecule has 0 spiro atoms. The molecule has 21 heavy (non-hydrogen) atoms. The van der Waals surface area contributed by atoms with Crippen LogP contribution in [0.2, 0.25) is 0 Å². The van der Waals surface area contributed by atoms with Crippen LogP contribution in [0, 0.1) is 11.8 Å². The van der Waals surface area contributed by atoms with E-state index >= 15 is 0 Å². The van der Waals surface area contributed by atoms with E-state index < -0.39 is 12.6 Å². The van der Waals surface area contributed by atoms with Gasteiger partial charge < -0.3 is 14.2 Å². The van der Waals surface area contributed by atoms with Crippen LogP contribution in [-0.4, -0.2) is 38.3 Å². The Kier molecular flexibility index (Phi) is 6.90. The van der Waals surface area contributed by atoms with E-state index in [-0.39, 0.29) is 18.8 Å². The van der Waals surface area contributed by atoms with Crippen molar-refractivity contribution in [2.75, 3.05) is 19.9 Å². The van der Waals surface area contributed by atoms with Crippen molar-refractivity contribution in [3.8, 4) is 0 Å². The second-order valence-corrected chi connectivity index (χ2v) is 6.16. The van der Waals surface area contributed by atoms with E-state index in [0.717, 1.165) is 51.7 Å². The van der Waals surface area contributed by atoms with E-state index in [2.05, 4.69) is 6.92 Å². The number of alkyl halides is 1. The molecule has 0 unspecified atom stereocenters. The van der Waals surface area contributed by atoms with Crippen LogP contribution < -0.4 is 0 Å². The standard InChI is InChI=1S/C16H27FO4/c1-2-3-12-10-19-16(20-11-12)13-4-6-14(7-5-13)21-15(18)8-9-17/h12-14,16H,2-11H2,1H3. The lowest BCUT2D eigenvalue weighted by Crippen LogP contribution is -2.39. The van der Waals surface area contributed by atoms with E-state index in [1.165, 1.54) is 0 Å². The van der Waals surface area contributed by atoms with Gasteiger partial charge in [0.2, 0.25) is 0 Å². The summed E-state index contributed by atoms with van der Waals surface area (Å²) in [7, 11) is 0. The summed E-state index contributed by atoms with van der Waals surface area (Å²) in [6.45, 7) is 3.13. The maximum atomic E-state index is 12.1. The number of hydrogen-bond acceptors (Lipinski definition) is 4. The second-order valence-electron chi connectivity index (χ2n) is 6.16. The van der Waals surface area contributed by atoms with E-state index in [0.29, 0.717) is 11.8 Å². The lowest BCUT2D eigenvalue weighted by atomic mass is 9.86. The molecule has 0 amide bonds. The zero-order valence-corrected chi connectivity index (χ0v) is 12.9. The van der Waals surface area contributed by atoms with Crippen LogP contribution in [0.5, 0.6) is 0 Å². The van der Waals surface area contributed by atoms with Crippen molar-refractivity contribution in [2.45, 2.75) is 64.3 Å². The molecule has 1 aliphatic carbocycles.